The molecule has 0 bridgehead atoms. The lowest BCUT2D eigenvalue weighted by atomic mass is 9.97. The van der Waals surface area contributed by atoms with Crippen molar-refractivity contribution in [1.82, 2.24) is 0 Å². The maximum absolute atomic E-state index is 11.9. The van der Waals surface area contributed by atoms with E-state index in [2.05, 4.69) is 6.92 Å². The predicted octanol–water partition coefficient (Wildman–Crippen LogP) is 5.63. The molecule has 0 N–H and O–H groups in total. The highest BCUT2D eigenvalue weighted by Gasteiger charge is 2.22. The van der Waals surface area contributed by atoms with Crippen molar-refractivity contribution in [1.29, 1.82) is 0 Å². The molecule has 1 atom stereocenters. The Kier molecular flexibility index (Phi) is 12.6. The predicted molar refractivity (Wildman–Crippen MR) is 102 cm³/mol. The smallest absolute Gasteiger partial charge is 0.311 e. The van der Waals surface area contributed by atoms with Gasteiger partial charge in [0.1, 0.15) is 6.10 Å². The van der Waals surface area contributed by atoms with Crippen molar-refractivity contribution < 1.29 is 19.1 Å². The van der Waals surface area contributed by atoms with Crippen LogP contribution in [-0.4, -0.2) is 24.6 Å². The Balaban J connectivity index is 3.83. The van der Waals surface area contributed by atoms with Gasteiger partial charge in [-0.1, -0.05) is 46.5 Å². The van der Waals surface area contributed by atoms with Gasteiger partial charge in [0.05, 0.1) is 12.0 Å². The van der Waals surface area contributed by atoms with Gasteiger partial charge in [-0.15, -0.1) is 0 Å². The minimum Gasteiger partial charge on any atom is -0.465 e. The zero-order valence-electron chi connectivity index (χ0n) is 17.3. The first-order chi connectivity index (χ1) is 11.7. The summed E-state index contributed by atoms with van der Waals surface area (Å²) in [4.78, 5) is 23.5. The second-order valence-corrected chi connectivity index (χ2v) is 8.10. The summed E-state index contributed by atoms with van der Waals surface area (Å²) in [7, 11) is 0. The van der Waals surface area contributed by atoms with E-state index >= 15 is 0 Å². The van der Waals surface area contributed by atoms with E-state index in [9.17, 15) is 9.59 Å². The van der Waals surface area contributed by atoms with Crippen LogP contribution in [0.15, 0.2) is 0 Å². The summed E-state index contributed by atoms with van der Waals surface area (Å²) >= 11 is 0. The molecule has 0 heterocycles. The van der Waals surface area contributed by atoms with Crippen LogP contribution in [0.3, 0.4) is 0 Å². The maximum atomic E-state index is 11.9. The van der Waals surface area contributed by atoms with Gasteiger partial charge in [-0.05, 0) is 46.5 Å². The van der Waals surface area contributed by atoms with Crippen molar-refractivity contribution in [2.24, 2.45) is 5.41 Å². The molecule has 0 aromatic carbocycles. The van der Waals surface area contributed by atoms with Gasteiger partial charge >= 0.3 is 11.9 Å². The van der Waals surface area contributed by atoms with Crippen molar-refractivity contribution >= 4 is 11.9 Å². The van der Waals surface area contributed by atoms with Gasteiger partial charge < -0.3 is 9.47 Å². The Morgan fingerprint density at radius 2 is 1.56 bits per heavy atom. The quantitative estimate of drug-likeness (QED) is 0.317. The number of hydrogen-bond acceptors (Lipinski definition) is 4. The normalized spacial score (nSPS) is 12.9. The maximum Gasteiger partial charge on any atom is 0.311 e. The summed E-state index contributed by atoms with van der Waals surface area (Å²) in [6.45, 7) is 12.3. The molecule has 25 heavy (non-hydrogen) atoms. The summed E-state index contributed by atoms with van der Waals surface area (Å²) in [6.07, 6.45) is 8.44. The SMILES string of the molecule is CCCCCC(=O)OC(CCCCCCOC(=O)C(C)(C)C)[C](C)C. The zero-order valence-corrected chi connectivity index (χ0v) is 17.3. The molecule has 0 spiro atoms. The number of rotatable bonds is 13. The molecule has 0 aromatic heterocycles. The molecule has 0 aliphatic heterocycles. The van der Waals surface area contributed by atoms with Gasteiger partial charge in [-0.2, -0.15) is 0 Å². The van der Waals surface area contributed by atoms with E-state index in [4.69, 9.17) is 9.47 Å². The van der Waals surface area contributed by atoms with Gasteiger partial charge in [0.15, 0.2) is 0 Å². The molecule has 1 unspecified atom stereocenters. The van der Waals surface area contributed by atoms with E-state index in [1.54, 1.807) is 0 Å². The highest BCUT2D eigenvalue weighted by molar-refractivity contribution is 5.75. The van der Waals surface area contributed by atoms with Crippen LogP contribution in [0.5, 0.6) is 0 Å². The van der Waals surface area contributed by atoms with E-state index in [0.717, 1.165) is 57.3 Å². The molecule has 0 amide bonds. The number of carbonyl (C=O) groups excluding carboxylic acids is 2. The lowest BCUT2D eigenvalue weighted by molar-refractivity contribution is -0.153. The summed E-state index contributed by atoms with van der Waals surface area (Å²) in [5.74, 6) is 0.940. The van der Waals surface area contributed by atoms with Crippen molar-refractivity contribution in [2.45, 2.75) is 105 Å². The molecule has 0 aliphatic rings. The first kappa shape index (κ1) is 23.9. The number of esters is 2. The van der Waals surface area contributed by atoms with E-state index in [1.807, 2.05) is 34.6 Å². The molecule has 0 aliphatic carbocycles. The molecular formula is C21H39O4. The molecule has 0 rings (SSSR count). The second-order valence-electron chi connectivity index (χ2n) is 8.10. The van der Waals surface area contributed by atoms with Crippen molar-refractivity contribution in [3.05, 3.63) is 5.92 Å². The van der Waals surface area contributed by atoms with Crippen LogP contribution in [-0.2, 0) is 19.1 Å². The molecule has 147 valence electrons. The van der Waals surface area contributed by atoms with Gasteiger partial charge in [0.25, 0.3) is 0 Å². The largest absolute Gasteiger partial charge is 0.465 e. The van der Waals surface area contributed by atoms with Gasteiger partial charge in [-0.3, -0.25) is 9.59 Å². The first-order valence-corrected chi connectivity index (χ1v) is 9.85. The van der Waals surface area contributed by atoms with Crippen LogP contribution in [0, 0.1) is 11.3 Å². The van der Waals surface area contributed by atoms with E-state index in [1.165, 1.54) is 0 Å². The zero-order chi connectivity index (χ0) is 19.3. The summed E-state index contributed by atoms with van der Waals surface area (Å²) in [6, 6.07) is 0. The van der Waals surface area contributed by atoms with Gasteiger partial charge in [-0.25, -0.2) is 0 Å². The summed E-state index contributed by atoms with van der Waals surface area (Å²) < 4.78 is 10.9. The lowest BCUT2D eigenvalue weighted by Gasteiger charge is -2.21. The molecule has 0 saturated carbocycles. The van der Waals surface area contributed by atoms with Crippen molar-refractivity contribution in [3.8, 4) is 0 Å². The van der Waals surface area contributed by atoms with Crippen LogP contribution in [0.4, 0.5) is 0 Å². The second kappa shape index (κ2) is 13.2. The standard InChI is InChI=1S/C21H39O4/c1-7-8-11-15-19(22)25-18(17(2)3)14-12-9-10-13-16-24-20(23)21(4,5)6/h18H,7-16H2,1-6H3. The Morgan fingerprint density at radius 1 is 0.920 bits per heavy atom. The topological polar surface area (TPSA) is 52.6 Å². The van der Waals surface area contributed by atoms with Crippen LogP contribution in [0.25, 0.3) is 0 Å². The summed E-state index contributed by atoms with van der Waals surface area (Å²) in [5.41, 5.74) is -0.428. The highest BCUT2D eigenvalue weighted by Crippen LogP contribution is 2.19. The van der Waals surface area contributed by atoms with E-state index < -0.39 is 5.41 Å². The average Bonchev–Trinajstić information content (AvgIpc) is 2.51. The minimum atomic E-state index is -0.428. The third-order valence-electron chi connectivity index (χ3n) is 4.11. The minimum absolute atomic E-state index is 0.0622. The summed E-state index contributed by atoms with van der Waals surface area (Å²) in [5, 5.41) is 0. The van der Waals surface area contributed by atoms with Crippen molar-refractivity contribution in [2.75, 3.05) is 6.61 Å². The Morgan fingerprint density at radius 3 is 2.12 bits per heavy atom. The monoisotopic (exact) mass is 355 g/mol. The molecule has 4 nitrogen and oxygen atoms in total. The third kappa shape index (κ3) is 12.9. The van der Waals surface area contributed by atoms with Crippen molar-refractivity contribution in [3.63, 3.8) is 0 Å². The lowest BCUT2D eigenvalue weighted by Crippen LogP contribution is -2.23. The molecule has 1 radical (unpaired) electrons. The van der Waals surface area contributed by atoms with Crippen LogP contribution in [0.2, 0.25) is 0 Å². The Labute approximate surface area is 155 Å². The van der Waals surface area contributed by atoms with Gasteiger partial charge in [0.2, 0.25) is 0 Å². The fourth-order valence-electron chi connectivity index (χ4n) is 2.37. The number of unbranched alkanes of at least 4 members (excludes halogenated alkanes) is 5. The number of ether oxygens (including phenoxy) is 2. The van der Waals surface area contributed by atoms with Gasteiger partial charge in [0, 0.05) is 12.3 Å². The van der Waals surface area contributed by atoms with Crippen LogP contribution < -0.4 is 0 Å². The fourth-order valence-corrected chi connectivity index (χ4v) is 2.37. The Hall–Kier alpha value is -1.06. The average molecular weight is 356 g/mol. The Bertz CT molecular complexity index is 369. The first-order valence-electron chi connectivity index (χ1n) is 9.85. The number of carbonyl (C=O) groups is 2. The molecule has 0 aromatic rings. The molecular weight excluding hydrogens is 316 g/mol. The van der Waals surface area contributed by atoms with Crippen LogP contribution >= 0.6 is 0 Å². The van der Waals surface area contributed by atoms with E-state index in [0.29, 0.717) is 13.0 Å². The fraction of sp³-hybridized carbons (Fsp3) is 0.857. The third-order valence-corrected chi connectivity index (χ3v) is 4.11. The molecule has 4 heteroatoms. The van der Waals surface area contributed by atoms with Crippen LogP contribution in [0.1, 0.15) is 99.3 Å². The molecule has 0 saturated heterocycles. The number of hydrogen-bond donors (Lipinski definition) is 0. The molecule has 0 fully saturated rings. The highest BCUT2D eigenvalue weighted by atomic mass is 16.5. The van der Waals surface area contributed by atoms with E-state index in [-0.39, 0.29) is 18.0 Å².